The minimum atomic E-state index is -0.192. The van der Waals surface area contributed by atoms with E-state index in [1.54, 1.807) is 7.11 Å². The van der Waals surface area contributed by atoms with Crippen molar-refractivity contribution >= 4 is 33.3 Å². The molecule has 2 aromatic carbocycles. The van der Waals surface area contributed by atoms with E-state index in [1.807, 2.05) is 47.2 Å². The zero-order valence-corrected chi connectivity index (χ0v) is 15.3. The third-order valence-electron chi connectivity index (χ3n) is 4.64. The molecule has 5 rings (SSSR count). The molecule has 0 spiro atoms. The molecule has 0 saturated heterocycles. The highest BCUT2D eigenvalue weighted by Gasteiger charge is 2.11. The highest BCUT2D eigenvalue weighted by atomic mass is 32.1. The first-order valence-corrected chi connectivity index (χ1v) is 9.39. The van der Waals surface area contributed by atoms with Gasteiger partial charge in [-0.25, -0.2) is 4.98 Å². The van der Waals surface area contributed by atoms with Crippen LogP contribution in [0.2, 0.25) is 0 Å². The lowest BCUT2D eigenvalue weighted by molar-refractivity contribution is 0.415. The maximum absolute atomic E-state index is 12.4. The van der Waals surface area contributed by atoms with E-state index in [1.165, 1.54) is 11.3 Å². The van der Waals surface area contributed by atoms with Crippen LogP contribution in [-0.4, -0.2) is 22.1 Å². The lowest BCUT2D eigenvalue weighted by atomic mass is 10.0. The summed E-state index contributed by atoms with van der Waals surface area (Å²) in [5, 5.41) is 4.85. The summed E-state index contributed by atoms with van der Waals surface area (Å²) in [6, 6.07) is 16.1. The molecule has 3 heterocycles. The van der Waals surface area contributed by atoms with Crippen LogP contribution in [0.25, 0.3) is 44.5 Å². The topological polar surface area (TPSA) is 70.8 Å². The molecule has 0 aliphatic rings. The molecule has 132 valence electrons. The Hall–Kier alpha value is -3.38. The molecule has 0 saturated carbocycles. The van der Waals surface area contributed by atoms with Crippen molar-refractivity contribution in [3.8, 4) is 28.3 Å². The average Bonchev–Trinajstić information content (AvgIpc) is 3.32. The molecule has 0 aliphatic carbocycles. The van der Waals surface area contributed by atoms with Crippen LogP contribution in [0.1, 0.15) is 0 Å². The van der Waals surface area contributed by atoms with Gasteiger partial charge in [-0.3, -0.25) is 4.79 Å². The minimum absolute atomic E-state index is 0.192. The lowest BCUT2D eigenvalue weighted by Gasteiger charge is -2.04. The fraction of sp³-hybridized carbons (Fsp3) is 0.0476. The zero-order valence-electron chi connectivity index (χ0n) is 14.4. The number of hydrogen-bond acceptors (Lipinski definition) is 4. The molecule has 5 aromatic rings. The second-order valence-corrected chi connectivity index (χ2v) is 7.04. The largest absolute Gasteiger partial charge is 0.497 e. The monoisotopic (exact) mass is 373 g/mol. The molecule has 0 aliphatic heterocycles. The Bertz CT molecular complexity index is 1330. The van der Waals surface area contributed by atoms with Crippen molar-refractivity contribution in [1.29, 1.82) is 0 Å². The number of ether oxygens (including phenoxy) is 1. The number of fused-ring (bicyclic) bond motifs is 2. The Morgan fingerprint density at radius 3 is 2.56 bits per heavy atom. The van der Waals surface area contributed by atoms with Crippen LogP contribution in [0.5, 0.6) is 5.75 Å². The van der Waals surface area contributed by atoms with Gasteiger partial charge < -0.3 is 14.7 Å². The summed E-state index contributed by atoms with van der Waals surface area (Å²) in [5.41, 5.74) is 5.65. The number of benzene rings is 2. The van der Waals surface area contributed by atoms with Crippen LogP contribution in [0.3, 0.4) is 0 Å². The Morgan fingerprint density at radius 2 is 1.74 bits per heavy atom. The SMILES string of the molecule is COc1ccc(-c2ccc3cc(-c4nc5cscc5[nH]c4=O)[nH]c3c2)cc1. The first-order chi connectivity index (χ1) is 13.2. The predicted molar refractivity (Wildman–Crippen MR) is 110 cm³/mol. The molecule has 0 fully saturated rings. The highest BCUT2D eigenvalue weighted by Crippen LogP contribution is 2.28. The quantitative estimate of drug-likeness (QED) is 0.477. The highest BCUT2D eigenvalue weighted by molar-refractivity contribution is 7.09. The van der Waals surface area contributed by atoms with Gasteiger partial charge in [0.1, 0.15) is 5.75 Å². The molecule has 0 bridgehead atoms. The second kappa shape index (κ2) is 6.10. The molecule has 0 radical (unpaired) electrons. The van der Waals surface area contributed by atoms with E-state index in [0.29, 0.717) is 11.4 Å². The van der Waals surface area contributed by atoms with Crippen LogP contribution in [0.4, 0.5) is 0 Å². The number of hydrogen-bond donors (Lipinski definition) is 2. The average molecular weight is 373 g/mol. The molecule has 27 heavy (non-hydrogen) atoms. The van der Waals surface area contributed by atoms with E-state index in [9.17, 15) is 4.79 Å². The number of H-pyrrole nitrogens is 2. The summed E-state index contributed by atoms with van der Waals surface area (Å²) in [6.07, 6.45) is 0. The smallest absolute Gasteiger partial charge is 0.276 e. The van der Waals surface area contributed by atoms with Crippen molar-refractivity contribution in [3.05, 3.63) is 69.6 Å². The van der Waals surface area contributed by atoms with Crippen molar-refractivity contribution < 1.29 is 4.74 Å². The zero-order chi connectivity index (χ0) is 18.4. The summed E-state index contributed by atoms with van der Waals surface area (Å²) >= 11 is 1.52. The number of aromatic amines is 2. The predicted octanol–water partition coefficient (Wildman–Crippen LogP) is 4.81. The van der Waals surface area contributed by atoms with Gasteiger partial charge in [-0.05, 0) is 35.4 Å². The molecule has 6 heteroatoms. The maximum Gasteiger partial charge on any atom is 0.276 e. The Balaban J connectivity index is 1.60. The molecule has 0 amide bonds. The van der Waals surface area contributed by atoms with Gasteiger partial charge in [-0.15, -0.1) is 11.3 Å². The standard InChI is InChI=1S/C21H15N3O2S/c1-26-15-6-4-12(5-7-15)13-2-3-14-9-17(22-16(14)8-13)20-21(25)24-19-11-27-10-18(19)23-20/h2-11,22H,1H3,(H,24,25). The molecule has 0 unspecified atom stereocenters. The normalized spacial score (nSPS) is 11.3. The van der Waals surface area contributed by atoms with Crippen LogP contribution in [0.15, 0.2) is 64.1 Å². The fourth-order valence-electron chi connectivity index (χ4n) is 3.22. The van der Waals surface area contributed by atoms with Crippen molar-refractivity contribution in [3.63, 3.8) is 0 Å². The van der Waals surface area contributed by atoms with Gasteiger partial charge in [0.15, 0.2) is 5.69 Å². The van der Waals surface area contributed by atoms with Crippen molar-refractivity contribution in [1.82, 2.24) is 15.0 Å². The van der Waals surface area contributed by atoms with E-state index in [4.69, 9.17) is 4.74 Å². The molecule has 3 aromatic heterocycles. The molecular formula is C21H15N3O2S. The first-order valence-electron chi connectivity index (χ1n) is 8.45. The summed E-state index contributed by atoms with van der Waals surface area (Å²) in [6.45, 7) is 0. The second-order valence-electron chi connectivity index (χ2n) is 6.30. The first kappa shape index (κ1) is 15.8. The maximum atomic E-state index is 12.4. The fourth-order valence-corrected chi connectivity index (χ4v) is 3.92. The van der Waals surface area contributed by atoms with Gasteiger partial charge in [-0.1, -0.05) is 24.3 Å². The van der Waals surface area contributed by atoms with Crippen molar-refractivity contribution in [2.24, 2.45) is 0 Å². The van der Waals surface area contributed by atoms with Crippen LogP contribution in [-0.2, 0) is 0 Å². The number of nitrogens with one attached hydrogen (secondary N) is 2. The molecule has 2 N–H and O–H groups in total. The van der Waals surface area contributed by atoms with Gasteiger partial charge >= 0.3 is 0 Å². The third-order valence-corrected chi connectivity index (χ3v) is 5.37. The van der Waals surface area contributed by atoms with Crippen molar-refractivity contribution in [2.75, 3.05) is 7.11 Å². The summed E-state index contributed by atoms with van der Waals surface area (Å²) in [4.78, 5) is 23.2. The van der Waals surface area contributed by atoms with Gasteiger partial charge in [0.25, 0.3) is 5.56 Å². The number of nitrogens with zero attached hydrogens (tertiary/aromatic N) is 1. The van der Waals surface area contributed by atoms with Crippen molar-refractivity contribution in [2.45, 2.75) is 0 Å². The number of methoxy groups -OCH3 is 1. The van der Waals surface area contributed by atoms with E-state index >= 15 is 0 Å². The summed E-state index contributed by atoms with van der Waals surface area (Å²) in [5.74, 6) is 0.830. The minimum Gasteiger partial charge on any atom is -0.497 e. The Labute approximate surface area is 158 Å². The van der Waals surface area contributed by atoms with Gasteiger partial charge in [0.05, 0.1) is 23.8 Å². The summed E-state index contributed by atoms with van der Waals surface area (Å²) in [7, 11) is 1.66. The molecule has 5 nitrogen and oxygen atoms in total. The van der Waals surface area contributed by atoms with Crippen LogP contribution >= 0.6 is 11.3 Å². The van der Waals surface area contributed by atoms with Gasteiger partial charge in [0, 0.05) is 21.7 Å². The van der Waals surface area contributed by atoms with Gasteiger partial charge in [0.2, 0.25) is 0 Å². The van der Waals surface area contributed by atoms with Crippen LogP contribution in [0, 0.1) is 0 Å². The van der Waals surface area contributed by atoms with Gasteiger partial charge in [-0.2, -0.15) is 0 Å². The Morgan fingerprint density at radius 1 is 0.926 bits per heavy atom. The molecule has 0 atom stereocenters. The van der Waals surface area contributed by atoms with E-state index in [2.05, 4.69) is 27.1 Å². The van der Waals surface area contributed by atoms with E-state index in [0.717, 1.165) is 38.8 Å². The number of aromatic nitrogens is 3. The van der Waals surface area contributed by atoms with E-state index in [-0.39, 0.29) is 5.56 Å². The number of thiophene rings is 1. The molecular weight excluding hydrogens is 358 g/mol. The van der Waals surface area contributed by atoms with Crippen LogP contribution < -0.4 is 10.3 Å². The lowest BCUT2D eigenvalue weighted by Crippen LogP contribution is -2.10. The third kappa shape index (κ3) is 2.71. The van der Waals surface area contributed by atoms with E-state index < -0.39 is 0 Å². The number of rotatable bonds is 3. The Kier molecular flexibility index (Phi) is 3.58. The summed E-state index contributed by atoms with van der Waals surface area (Å²) < 4.78 is 5.22.